The van der Waals surface area contributed by atoms with E-state index in [4.69, 9.17) is 9.88 Å². The van der Waals surface area contributed by atoms with E-state index in [1.165, 1.54) is 17.2 Å². The third kappa shape index (κ3) is 8.32. The van der Waals surface area contributed by atoms with E-state index < -0.39 is 10.0 Å². The highest BCUT2D eigenvalue weighted by molar-refractivity contribution is 14.0. The molecule has 4 N–H and O–H groups in total. The Morgan fingerprint density at radius 3 is 2.50 bits per heavy atom. The average molecular weight is 574 g/mol. The van der Waals surface area contributed by atoms with Crippen LogP contribution in [0.2, 0.25) is 0 Å². The summed E-state index contributed by atoms with van der Waals surface area (Å²) in [6.07, 6.45) is 0. The number of hydrogen-bond acceptors (Lipinski definition) is 5. The van der Waals surface area contributed by atoms with Crippen LogP contribution in [0.1, 0.15) is 23.6 Å². The van der Waals surface area contributed by atoms with Crippen molar-refractivity contribution in [1.82, 2.24) is 15.5 Å². The molecule has 0 saturated carbocycles. The van der Waals surface area contributed by atoms with Crippen LogP contribution in [-0.4, -0.2) is 52.1 Å². The summed E-state index contributed by atoms with van der Waals surface area (Å²) in [4.78, 5) is 7.09. The molecular formula is C22H32IN5O3S. The lowest BCUT2D eigenvalue weighted by Gasteiger charge is -2.27. The van der Waals surface area contributed by atoms with Gasteiger partial charge in [0.2, 0.25) is 10.0 Å². The Hall–Kier alpha value is -1.73. The molecule has 0 aromatic heterocycles. The van der Waals surface area contributed by atoms with Crippen molar-refractivity contribution in [2.45, 2.75) is 31.5 Å². The van der Waals surface area contributed by atoms with E-state index in [1.54, 1.807) is 12.1 Å². The van der Waals surface area contributed by atoms with Crippen LogP contribution in [0.25, 0.3) is 0 Å². The number of guanidine groups is 1. The molecule has 3 rings (SSSR count). The van der Waals surface area contributed by atoms with Crippen LogP contribution in [0.15, 0.2) is 58.4 Å². The molecule has 1 aliphatic heterocycles. The van der Waals surface area contributed by atoms with Crippen LogP contribution in [-0.2, 0) is 34.4 Å². The summed E-state index contributed by atoms with van der Waals surface area (Å²) in [6, 6.07) is 14.9. The minimum absolute atomic E-state index is 0. The van der Waals surface area contributed by atoms with E-state index in [0.29, 0.717) is 19.0 Å². The Kier molecular flexibility index (Phi) is 10.9. The number of nitrogens with one attached hydrogen (secondary N) is 2. The Bertz CT molecular complexity index is 995. The number of sulfonamides is 1. The Morgan fingerprint density at radius 2 is 1.81 bits per heavy atom. The molecule has 0 spiro atoms. The molecule has 2 aromatic carbocycles. The SMILES string of the molecule is CCNC(=NCc1cccc(S(N)(=O)=O)c1)NCc1ccccc1CN1CCOCC1.I. The highest BCUT2D eigenvalue weighted by atomic mass is 127. The Labute approximate surface area is 207 Å². The molecule has 176 valence electrons. The van der Waals surface area contributed by atoms with Crippen LogP contribution < -0.4 is 15.8 Å². The number of rotatable bonds is 8. The smallest absolute Gasteiger partial charge is 0.238 e. The summed E-state index contributed by atoms with van der Waals surface area (Å²) >= 11 is 0. The van der Waals surface area contributed by atoms with Gasteiger partial charge >= 0.3 is 0 Å². The van der Waals surface area contributed by atoms with Gasteiger partial charge < -0.3 is 15.4 Å². The van der Waals surface area contributed by atoms with Crippen molar-refractivity contribution >= 4 is 40.0 Å². The van der Waals surface area contributed by atoms with Gasteiger partial charge in [0.25, 0.3) is 0 Å². The molecule has 1 fully saturated rings. The van der Waals surface area contributed by atoms with Crippen molar-refractivity contribution in [2.24, 2.45) is 10.1 Å². The second kappa shape index (κ2) is 13.1. The third-order valence-electron chi connectivity index (χ3n) is 5.05. The number of aliphatic imine (C=N–C) groups is 1. The highest BCUT2D eigenvalue weighted by Crippen LogP contribution is 2.13. The van der Waals surface area contributed by atoms with Crippen LogP contribution in [0, 0.1) is 0 Å². The van der Waals surface area contributed by atoms with Crippen molar-refractivity contribution in [3.8, 4) is 0 Å². The molecule has 32 heavy (non-hydrogen) atoms. The molecule has 0 unspecified atom stereocenters. The molecular weight excluding hydrogens is 541 g/mol. The molecule has 0 amide bonds. The Balaban J connectivity index is 0.00000363. The molecule has 0 radical (unpaired) electrons. The zero-order chi connectivity index (χ0) is 22.1. The third-order valence-corrected chi connectivity index (χ3v) is 5.96. The number of hydrogen-bond donors (Lipinski definition) is 3. The summed E-state index contributed by atoms with van der Waals surface area (Å²) in [6.45, 7) is 8.07. The number of ether oxygens (including phenoxy) is 1. The van der Waals surface area contributed by atoms with Gasteiger partial charge in [-0.25, -0.2) is 18.5 Å². The number of halogens is 1. The fourth-order valence-electron chi connectivity index (χ4n) is 3.40. The Morgan fingerprint density at radius 1 is 1.09 bits per heavy atom. The van der Waals surface area contributed by atoms with Gasteiger partial charge in [-0.2, -0.15) is 0 Å². The standard InChI is InChI=1S/C22H31N5O3S.HI/c1-2-24-22(25-15-18-6-5-9-21(14-18)31(23,28)29)26-16-19-7-3-4-8-20(19)17-27-10-12-30-13-11-27;/h3-9,14H,2,10-13,15-17H2,1H3,(H2,23,28,29)(H2,24,25,26);1H. The molecule has 0 atom stereocenters. The summed E-state index contributed by atoms with van der Waals surface area (Å²) in [5.41, 5.74) is 3.28. The summed E-state index contributed by atoms with van der Waals surface area (Å²) in [5.74, 6) is 0.671. The second-order valence-corrected chi connectivity index (χ2v) is 8.96. The van der Waals surface area contributed by atoms with Gasteiger partial charge in [-0.05, 0) is 35.7 Å². The number of morpholine rings is 1. The molecule has 1 aliphatic rings. The first-order valence-corrected chi connectivity index (χ1v) is 12.0. The molecule has 1 saturated heterocycles. The van der Waals surface area contributed by atoms with Gasteiger partial charge in [-0.15, -0.1) is 24.0 Å². The number of nitrogens with two attached hydrogens (primary N) is 1. The minimum Gasteiger partial charge on any atom is -0.379 e. The largest absolute Gasteiger partial charge is 0.379 e. The first-order chi connectivity index (χ1) is 15.0. The molecule has 0 aliphatic carbocycles. The van der Waals surface area contributed by atoms with Crippen LogP contribution in [0.5, 0.6) is 0 Å². The normalized spacial score (nSPS) is 15.1. The van der Waals surface area contributed by atoms with Crippen LogP contribution in [0.4, 0.5) is 0 Å². The maximum Gasteiger partial charge on any atom is 0.238 e. The van der Waals surface area contributed by atoms with E-state index in [1.807, 2.05) is 19.1 Å². The maximum atomic E-state index is 11.6. The van der Waals surface area contributed by atoms with E-state index >= 15 is 0 Å². The summed E-state index contributed by atoms with van der Waals surface area (Å²) in [5, 5.41) is 11.8. The van der Waals surface area contributed by atoms with E-state index in [2.05, 4.69) is 38.7 Å². The van der Waals surface area contributed by atoms with Crippen molar-refractivity contribution in [3.05, 3.63) is 65.2 Å². The van der Waals surface area contributed by atoms with Gasteiger partial charge in [0, 0.05) is 32.7 Å². The molecule has 8 nitrogen and oxygen atoms in total. The molecule has 1 heterocycles. The van der Waals surface area contributed by atoms with Crippen molar-refractivity contribution < 1.29 is 13.2 Å². The van der Waals surface area contributed by atoms with Gasteiger partial charge in [0.05, 0.1) is 24.7 Å². The fourth-order valence-corrected chi connectivity index (χ4v) is 3.98. The highest BCUT2D eigenvalue weighted by Gasteiger charge is 2.13. The zero-order valence-corrected chi connectivity index (χ0v) is 21.4. The van der Waals surface area contributed by atoms with Crippen molar-refractivity contribution in [2.75, 3.05) is 32.8 Å². The molecule has 0 bridgehead atoms. The van der Waals surface area contributed by atoms with Crippen molar-refractivity contribution in [3.63, 3.8) is 0 Å². The predicted molar refractivity (Wildman–Crippen MR) is 137 cm³/mol. The molecule has 10 heteroatoms. The van der Waals surface area contributed by atoms with Gasteiger partial charge in [0.15, 0.2) is 5.96 Å². The number of primary sulfonamides is 1. The second-order valence-electron chi connectivity index (χ2n) is 7.40. The zero-order valence-electron chi connectivity index (χ0n) is 18.3. The van der Waals surface area contributed by atoms with Crippen LogP contribution in [0.3, 0.4) is 0 Å². The quantitative estimate of drug-likeness (QED) is 0.254. The van der Waals surface area contributed by atoms with Gasteiger partial charge in [-0.1, -0.05) is 36.4 Å². The monoisotopic (exact) mass is 573 g/mol. The fraction of sp³-hybridized carbons (Fsp3) is 0.409. The summed E-state index contributed by atoms with van der Waals surface area (Å²) < 4.78 is 28.6. The van der Waals surface area contributed by atoms with E-state index in [9.17, 15) is 8.42 Å². The van der Waals surface area contributed by atoms with Crippen LogP contribution >= 0.6 is 24.0 Å². The lowest BCUT2D eigenvalue weighted by atomic mass is 10.1. The van der Waals surface area contributed by atoms with Gasteiger partial charge in [0.1, 0.15) is 0 Å². The summed E-state index contributed by atoms with van der Waals surface area (Å²) in [7, 11) is -3.73. The van der Waals surface area contributed by atoms with E-state index in [-0.39, 0.29) is 28.9 Å². The van der Waals surface area contributed by atoms with Gasteiger partial charge in [-0.3, -0.25) is 4.90 Å². The minimum atomic E-state index is -3.73. The molecule has 2 aromatic rings. The lowest BCUT2D eigenvalue weighted by Crippen LogP contribution is -2.38. The number of nitrogens with zero attached hydrogens (tertiary/aromatic N) is 2. The average Bonchev–Trinajstić information content (AvgIpc) is 2.77. The predicted octanol–water partition coefficient (Wildman–Crippen LogP) is 2.04. The van der Waals surface area contributed by atoms with E-state index in [0.717, 1.165) is 45.0 Å². The number of benzene rings is 2. The topological polar surface area (TPSA) is 109 Å². The lowest BCUT2D eigenvalue weighted by molar-refractivity contribution is 0.0341. The first-order valence-electron chi connectivity index (χ1n) is 10.5. The maximum absolute atomic E-state index is 11.6. The van der Waals surface area contributed by atoms with Crippen molar-refractivity contribution in [1.29, 1.82) is 0 Å². The first kappa shape index (κ1) is 26.5.